The lowest BCUT2D eigenvalue weighted by Gasteiger charge is -2.29. The summed E-state index contributed by atoms with van der Waals surface area (Å²) in [5, 5.41) is 19.2. The van der Waals surface area contributed by atoms with Crippen molar-refractivity contribution in [3.05, 3.63) is 30.2 Å². The van der Waals surface area contributed by atoms with Crippen LogP contribution in [0.25, 0.3) is 0 Å². The van der Waals surface area contributed by atoms with E-state index in [1.165, 1.54) is 0 Å². The molecule has 26 heavy (non-hydrogen) atoms. The zero-order valence-electron chi connectivity index (χ0n) is 14.3. The summed E-state index contributed by atoms with van der Waals surface area (Å²) in [7, 11) is 0. The smallest absolute Gasteiger partial charge is 0.162 e. The van der Waals surface area contributed by atoms with Crippen LogP contribution in [0.5, 0.6) is 0 Å². The predicted octanol–water partition coefficient (Wildman–Crippen LogP) is -0.188. The maximum Gasteiger partial charge on any atom is 0.162 e. The second-order valence-electron chi connectivity index (χ2n) is 6.54. The van der Waals surface area contributed by atoms with E-state index < -0.39 is 18.4 Å². The van der Waals surface area contributed by atoms with Crippen LogP contribution in [0.15, 0.2) is 23.7 Å². The number of nitrogens with one attached hydrogen (secondary N) is 1. The van der Waals surface area contributed by atoms with Crippen molar-refractivity contribution >= 4 is 12.2 Å². The normalized spacial score (nSPS) is 27.9. The quantitative estimate of drug-likeness (QED) is 0.559. The van der Waals surface area contributed by atoms with Gasteiger partial charge in [0.1, 0.15) is 30.0 Å². The summed E-state index contributed by atoms with van der Waals surface area (Å²) in [4.78, 5) is 18.1. The van der Waals surface area contributed by atoms with Gasteiger partial charge in [-0.1, -0.05) is 0 Å². The molecule has 4 atom stereocenters. The van der Waals surface area contributed by atoms with Crippen molar-refractivity contribution in [1.82, 2.24) is 24.4 Å². The standard InChI is InChI=1S/C16H23N7O3/c17-15-14-16(21-8-22(15)5-1-2-12-18-3-4-19-12)23(9-20-14)13-6-10(25)11(7-24)26-13/h3-4,8-11,13,15,24-25H,1-2,5-7,17H2,(H,18,19)/t10?,11-,13-,15?/m1/s1. The Balaban J connectivity index is 1.42. The van der Waals surface area contributed by atoms with Crippen molar-refractivity contribution < 1.29 is 14.9 Å². The number of imidazole rings is 2. The molecule has 10 heteroatoms. The fourth-order valence-electron chi connectivity index (χ4n) is 3.39. The van der Waals surface area contributed by atoms with E-state index in [-0.39, 0.29) is 12.8 Å². The van der Waals surface area contributed by atoms with Crippen molar-refractivity contribution in [3.8, 4) is 0 Å². The fraction of sp³-hybridized carbons (Fsp3) is 0.562. The molecule has 5 N–H and O–H groups in total. The average molecular weight is 361 g/mol. The molecule has 4 rings (SSSR count). The zero-order valence-corrected chi connectivity index (χ0v) is 14.3. The summed E-state index contributed by atoms with van der Waals surface area (Å²) in [5.41, 5.74) is 7.02. The molecule has 2 aliphatic heterocycles. The van der Waals surface area contributed by atoms with Crippen LogP contribution in [-0.2, 0) is 11.2 Å². The number of aromatic amines is 1. The molecule has 2 aliphatic rings. The van der Waals surface area contributed by atoms with Crippen molar-refractivity contribution in [2.45, 2.75) is 43.9 Å². The summed E-state index contributed by atoms with van der Waals surface area (Å²) >= 11 is 0. The molecule has 0 aromatic carbocycles. The Morgan fingerprint density at radius 2 is 2.27 bits per heavy atom. The van der Waals surface area contributed by atoms with E-state index in [2.05, 4.69) is 19.9 Å². The van der Waals surface area contributed by atoms with Crippen LogP contribution in [0.1, 0.15) is 36.8 Å². The first kappa shape index (κ1) is 17.2. The number of aliphatic hydroxyl groups is 2. The highest BCUT2D eigenvalue weighted by Crippen LogP contribution is 2.36. The van der Waals surface area contributed by atoms with Crippen LogP contribution >= 0.6 is 0 Å². The van der Waals surface area contributed by atoms with Gasteiger partial charge < -0.3 is 30.6 Å². The Morgan fingerprint density at radius 3 is 3.00 bits per heavy atom. The number of aryl methyl sites for hydroxylation is 1. The predicted molar refractivity (Wildman–Crippen MR) is 92.5 cm³/mol. The molecule has 1 saturated heterocycles. The van der Waals surface area contributed by atoms with Gasteiger partial charge in [0.2, 0.25) is 0 Å². The lowest BCUT2D eigenvalue weighted by atomic mass is 10.2. The highest BCUT2D eigenvalue weighted by molar-refractivity contribution is 5.65. The van der Waals surface area contributed by atoms with Gasteiger partial charge in [0.15, 0.2) is 5.82 Å². The number of nitrogens with two attached hydrogens (primary N) is 1. The highest BCUT2D eigenvalue weighted by Gasteiger charge is 2.37. The van der Waals surface area contributed by atoms with E-state index in [1.54, 1.807) is 23.4 Å². The van der Waals surface area contributed by atoms with E-state index >= 15 is 0 Å². The summed E-state index contributed by atoms with van der Waals surface area (Å²) in [6.07, 6.45) is 6.92. The fourth-order valence-corrected chi connectivity index (χ4v) is 3.39. The topological polar surface area (TPSA) is 138 Å². The van der Waals surface area contributed by atoms with Gasteiger partial charge >= 0.3 is 0 Å². The largest absolute Gasteiger partial charge is 0.394 e. The van der Waals surface area contributed by atoms with Crippen molar-refractivity contribution in [2.24, 2.45) is 10.7 Å². The molecule has 2 unspecified atom stereocenters. The first-order valence-corrected chi connectivity index (χ1v) is 8.72. The van der Waals surface area contributed by atoms with E-state index in [0.29, 0.717) is 17.9 Å². The van der Waals surface area contributed by atoms with E-state index in [9.17, 15) is 10.2 Å². The number of rotatable bonds is 6. The molecule has 0 spiro atoms. The Kier molecular flexibility index (Phi) is 4.72. The van der Waals surface area contributed by atoms with Gasteiger partial charge in [0.25, 0.3) is 0 Å². The SMILES string of the molecule is NC1c2ncn([C@H]3CC(O)[C@@H](CO)O3)c2N=CN1CCCc1ncc[nH]1. The Labute approximate surface area is 150 Å². The summed E-state index contributed by atoms with van der Waals surface area (Å²) in [6.45, 7) is 0.518. The van der Waals surface area contributed by atoms with Gasteiger partial charge in [0.05, 0.1) is 25.4 Å². The molecule has 140 valence electrons. The van der Waals surface area contributed by atoms with Crippen molar-refractivity contribution in [3.63, 3.8) is 0 Å². The van der Waals surface area contributed by atoms with Gasteiger partial charge in [-0.3, -0.25) is 4.57 Å². The third-order valence-electron chi connectivity index (χ3n) is 4.84. The van der Waals surface area contributed by atoms with Gasteiger partial charge in [-0.25, -0.2) is 15.0 Å². The zero-order chi connectivity index (χ0) is 18.1. The Morgan fingerprint density at radius 1 is 1.38 bits per heavy atom. The van der Waals surface area contributed by atoms with E-state index in [0.717, 1.165) is 25.2 Å². The van der Waals surface area contributed by atoms with Crippen LogP contribution in [0, 0.1) is 0 Å². The van der Waals surface area contributed by atoms with Gasteiger partial charge in [-0.2, -0.15) is 0 Å². The molecule has 0 bridgehead atoms. The van der Waals surface area contributed by atoms with E-state index in [4.69, 9.17) is 10.5 Å². The molecule has 4 heterocycles. The molecular weight excluding hydrogens is 338 g/mol. The number of aromatic nitrogens is 4. The van der Waals surface area contributed by atoms with Gasteiger partial charge in [-0.05, 0) is 6.42 Å². The Bertz CT molecular complexity index is 760. The van der Waals surface area contributed by atoms with Gasteiger partial charge in [0, 0.05) is 31.8 Å². The number of hydrogen-bond acceptors (Lipinski definition) is 8. The summed E-state index contributed by atoms with van der Waals surface area (Å²) in [6, 6.07) is 0. The minimum Gasteiger partial charge on any atom is -0.394 e. The first-order chi connectivity index (χ1) is 12.7. The van der Waals surface area contributed by atoms with Crippen LogP contribution in [0.3, 0.4) is 0 Å². The number of aliphatic imine (C=N–C) groups is 1. The van der Waals surface area contributed by atoms with Crippen molar-refractivity contribution in [1.29, 1.82) is 0 Å². The summed E-state index contributed by atoms with van der Waals surface area (Å²) < 4.78 is 7.45. The second kappa shape index (κ2) is 7.16. The second-order valence-corrected chi connectivity index (χ2v) is 6.54. The lowest BCUT2D eigenvalue weighted by molar-refractivity contribution is -0.0438. The first-order valence-electron chi connectivity index (χ1n) is 8.72. The number of nitrogens with zero attached hydrogens (tertiary/aromatic N) is 5. The maximum absolute atomic E-state index is 9.93. The number of fused-ring (bicyclic) bond motifs is 1. The average Bonchev–Trinajstić information content (AvgIpc) is 3.36. The number of H-pyrrole nitrogens is 1. The monoisotopic (exact) mass is 361 g/mol. The molecule has 0 amide bonds. The van der Waals surface area contributed by atoms with Crippen LogP contribution < -0.4 is 5.73 Å². The molecule has 2 aromatic rings. The number of hydrogen-bond donors (Lipinski definition) is 4. The minimum atomic E-state index is -0.706. The number of aliphatic hydroxyl groups excluding tert-OH is 2. The molecule has 1 fully saturated rings. The third kappa shape index (κ3) is 3.12. The highest BCUT2D eigenvalue weighted by atomic mass is 16.5. The lowest BCUT2D eigenvalue weighted by Crippen LogP contribution is -2.36. The molecule has 2 aromatic heterocycles. The molecule has 0 aliphatic carbocycles. The minimum absolute atomic E-state index is 0.221. The molecule has 10 nitrogen and oxygen atoms in total. The molecular formula is C16H23N7O3. The Hall–Kier alpha value is -2.27. The van der Waals surface area contributed by atoms with Crippen LogP contribution in [0.2, 0.25) is 0 Å². The third-order valence-corrected chi connectivity index (χ3v) is 4.84. The molecule has 0 radical (unpaired) electrons. The van der Waals surface area contributed by atoms with E-state index in [1.807, 2.05) is 11.1 Å². The number of ether oxygens (including phenoxy) is 1. The summed E-state index contributed by atoms with van der Waals surface area (Å²) in [5.74, 6) is 1.59. The van der Waals surface area contributed by atoms with Gasteiger partial charge in [-0.15, -0.1) is 0 Å². The maximum atomic E-state index is 9.93. The van der Waals surface area contributed by atoms with Crippen LogP contribution in [-0.4, -0.2) is 66.3 Å². The molecule has 0 saturated carbocycles. The van der Waals surface area contributed by atoms with Crippen LogP contribution in [0.4, 0.5) is 5.82 Å². The van der Waals surface area contributed by atoms with Crippen molar-refractivity contribution in [2.75, 3.05) is 13.2 Å².